The Morgan fingerprint density at radius 2 is 1.67 bits per heavy atom. The van der Waals surface area contributed by atoms with E-state index in [0.29, 0.717) is 52.6 Å². The van der Waals surface area contributed by atoms with Crippen LogP contribution in [0, 0.1) is 11.8 Å². The largest absolute Gasteiger partial charge is 0.497 e. The van der Waals surface area contributed by atoms with Crippen LogP contribution in [0.5, 0.6) is 17.2 Å². The average molecular weight is 915 g/mol. The molecular weight excluding hydrogens is 852 g/mol. The van der Waals surface area contributed by atoms with Gasteiger partial charge in [-0.1, -0.05) is 50.3 Å². The van der Waals surface area contributed by atoms with Gasteiger partial charge in [0.05, 0.1) is 55.8 Å². The molecule has 2 aromatic carbocycles. The third kappa shape index (κ3) is 10.3. The number of pyridine rings is 1. The lowest BCUT2D eigenvalue weighted by atomic mass is 9.94. The van der Waals surface area contributed by atoms with E-state index in [4.69, 9.17) is 28.9 Å². The van der Waals surface area contributed by atoms with Gasteiger partial charge in [0.2, 0.25) is 13.3 Å². The molecule has 15 heteroatoms. The van der Waals surface area contributed by atoms with E-state index in [0.717, 1.165) is 74.7 Å². The van der Waals surface area contributed by atoms with Crippen molar-refractivity contribution < 1.29 is 42.8 Å². The summed E-state index contributed by atoms with van der Waals surface area (Å²) in [6.45, 7) is 4.21. The van der Waals surface area contributed by atoms with Gasteiger partial charge in [-0.2, -0.15) is 0 Å². The summed E-state index contributed by atoms with van der Waals surface area (Å²) in [5.41, 5.74) is 2.53. The van der Waals surface area contributed by atoms with Crippen LogP contribution in [-0.2, 0) is 29.8 Å². The highest BCUT2D eigenvalue weighted by molar-refractivity contribution is 7.59. The van der Waals surface area contributed by atoms with Gasteiger partial charge in [0.1, 0.15) is 35.2 Å². The number of nitrogens with zero attached hydrogens (tertiary/aromatic N) is 3. The maximum Gasteiger partial charge on any atom is 0.306 e. The third-order valence-corrected chi connectivity index (χ3v) is 17.4. The fraction of sp³-hybridized carbons (Fsp3) is 0.571. The molecule has 4 heterocycles. The van der Waals surface area contributed by atoms with Crippen LogP contribution in [0.25, 0.3) is 22.3 Å². The van der Waals surface area contributed by atoms with Gasteiger partial charge in [0, 0.05) is 53.3 Å². The molecule has 2 saturated carbocycles. The molecule has 4 aliphatic rings. The lowest BCUT2D eigenvalue weighted by molar-refractivity contribution is -0.154. The highest BCUT2D eigenvalue weighted by Gasteiger charge is 2.65. The van der Waals surface area contributed by atoms with Crippen LogP contribution < -0.4 is 19.5 Å². The topological polar surface area (TPSA) is 166 Å². The molecule has 2 aliphatic heterocycles. The highest BCUT2D eigenvalue weighted by Crippen LogP contribution is 2.75. The molecule has 2 aromatic heterocycles. The van der Waals surface area contributed by atoms with Crippen LogP contribution in [-0.4, -0.2) is 87.6 Å². The first-order valence-corrected chi connectivity index (χ1v) is 25.9. The molecule has 6 atom stereocenters. The smallest absolute Gasteiger partial charge is 0.306 e. The van der Waals surface area contributed by atoms with Crippen molar-refractivity contribution in [3.63, 3.8) is 0 Å². The Labute approximate surface area is 380 Å². The first kappa shape index (κ1) is 46.0. The molecule has 1 unspecified atom stereocenters. The van der Waals surface area contributed by atoms with Crippen LogP contribution in [0.3, 0.4) is 0 Å². The maximum atomic E-state index is 15.1. The number of ketones is 1. The second kappa shape index (κ2) is 19.9. The standard InChI is InChI=1S/C49H63N4O9PS/c1-31(2)50-48-52-41(30-64-48)40-25-45(38-21-20-36(59-3)23-39(38)51-40)61-37-24-42-43(54)27-49(63(57,58)29-33-15-10-13-19-44(33)60-4)26-34(49)16-9-7-5-6-8-14-32(47(56)53(42)28-37)22-46(55)62-35-17-11-12-18-35/h10,13,15,19-21,23,25,30-32,34-35,37,42H,5-9,11-12,14,16-18,22,24,26-29H2,1-4H3,(H,50,52)(H,57,58)/t32-,34+,37-,42+,49-/m1/s1. The molecule has 2 saturated heterocycles. The van der Waals surface area contributed by atoms with Gasteiger partial charge in [-0.3, -0.25) is 18.9 Å². The number of amides is 1. The van der Waals surface area contributed by atoms with E-state index in [9.17, 15) is 14.3 Å². The molecule has 0 spiro atoms. The Kier molecular flexibility index (Phi) is 14.3. The summed E-state index contributed by atoms with van der Waals surface area (Å²) in [5, 5.41) is 5.68. The quantitative estimate of drug-likeness (QED) is 0.0964. The summed E-state index contributed by atoms with van der Waals surface area (Å²) in [6, 6.07) is 14.0. The second-order valence-electron chi connectivity index (χ2n) is 18.7. The number of fused-ring (bicyclic) bond motifs is 3. The fourth-order valence-electron chi connectivity index (χ4n) is 10.3. The number of benzene rings is 2. The predicted molar refractivity (Wildman–Crippen MR) is 248 cm³/mol. The molecule has 0 radical (unpaired) electrons. The maximum absolute atomic E-state index is 15.1. The molecule has 4 aromatic rings. The number of esters is 1. The zero-order chi connectivity index (χ0) is 45.0. The van der Waals surface area contributed by atoms with E-state index in [2.05, 4.69) is 19.2 Å². The van der Waals surface area contributed by atoms with E-state index in [1.165, 1.54) is 11.3 Å². The molecular formula is C49H63N4O9PS. The molecule has 344 valence electrons. The van der Waals surface area contributed by atoms with Crippen molar-refractivity contribution in [1.29, 1.82) is 0 Å². The van der Waals surface area contributed by atoms with E-state index in [1.807, 2.05) is 47.8 Å². The molecule has 4 fully saturated rings. The predicted octanol–water partition coefficient (Wildman–Crippen LogP) is 9.97. The first-order chi connectivity index (χ1) is 30.9. The molecule has 13 nitrogen and oxygen atoms in total. The zero-order valence-corrected chi connectivity index (χ0v) is 39.3. The Balaban J connectivity index is 1.13. The van der Waals surface area contributed by atoms with Gasteiger partial charge < -0.3 is 34.1 Å². The number of anilines is 1. The highest BCUT2D eigenvalue weighted by atomic mass is 32.1. The minimum atomic E-state index is -4.01. The van der Waals surface area contributed by atoms with Gasteiger partial charge in [0.25, 0.3) is 0 Å². The third-order valence-electron chi connectivity index (χ3n) is 13.8. The molecule has 2 aliphatic carbocycles. The SMILES string of the molecule is COc1ccc2c(O[C@@H]3C[C@H]4C(=O)C[C@]5(P(=O)(O)Cc6ccccc6OC)C[C@@H]5CCCCCCC[C@H](CC(=O)OC5CCCC5)C(=O)N4C3)cc(-c3csc(NC(C)C)n3)nc2c1. The Hall–Kier alpha value is -4.52. The summed E-state index contributed by atoms with van der Waals surface area (Å²) < 4.78 is 38.8. The van der Waals surface area contributed by atoms with Crippen molar-refractivity contribution in [2.75, 3.05) is 26.1 Å². The summed E-state index contributed by atoms with van der Waals surface area (Å²) in [7, 11) is -0.857. The minimum Gasteiger partial charge on any atom is -0.497 e. The van der Waals surface area contributed by atoms with Crippen molar-refractivity contribution in [2.24, 2.45) is 11.8 Å². The van der Waals surface area contributed by atoms with Gasteiger partial charge in [0.15, 0.2) is 10.9 Å². The van der Waals surface area contributed by atoms with Crippen molar-refractivity contribution in [2.45, 2.75) is 146 Å². The lowest BCUT2D eigenvalue weighted by Gasteiger charge is -2.30. The second-order valence-corrected chi connectivity index (χ2v) is 22.1. The van der Waals surface area contributed by atoms with E-state index in [-0.39, 0.29) is 67.7 Å². The average Bonchev–Trinajstić information content (AvgIpc) is 3.69. The first-order valence-electron chi connectivity index (χ1n) is 23.2. The molecule has 1 amide bonds. The Morgan fingerprint density at radius 1 is 0.922 bits per heavy atom. The number of ether oxygens (including phenoxy) is 4. The summed E-state index contributed by atoms with van der Waals surface area (Å²) in [6.07, 6.45) is 9.03. The summed E-state index contributed by atoms with van der Waals surface area (Å²) in [5.74, 6) is 0.00524. The number of hydrogen-bond donors (Lipinski definition) is 2. The number of aromatic nitrogens is 2. The van der Waals surface area contributed by atoms with Crippen molar-refractivity contribution in [1.82, 2.24) is 14.9 Å². The van der Waals surface area contributed by atoms with Gasteiger partial charge in [-0.05, 0) is 82.9 Å². The number of Topliss-reactive ketones (excluding diaryl/α,β-unsaturated/α-hetero) is 1. The van der Waals surface area contributed by atoms with Crippen molar-refractivity contribution in [3.05, 3.63) is 59.5 Å². The molecule has 64 heavy (non-hydrogen) atoms. The van der Waals surface area contributed by atoms with Crippen LogP contribution in [0.1, 0.15) is 116 Å². The van der Waals surface area contributed by atoms with Crippen molar-refractivity contribution >= 4 is 52.4 Å². The number of para-hydroxylation sites is 1. The van der Waals surface area contributed by atoms with E-state index < -0.39 is 30.6 Å². The van der Waals surface area contributed by atoms with Crippen LogP contribution in [0.15, 0.2) is 53.9 Å². The number of carbonyl (C=O) groups is 3. The number of carbonyl (C=O) groups excluding carboxylic acids is 3. The van der Waals surface area contributed by atoms with Crippen LogP contribution in [0.4, 0.5) is 5.13 Å². The summed E-state index contributed by atoms with van der Waals surface area (Å²) in [4.78, 5) is 67.1. The number of rotatable bonds is 13. The number of methoxy groups -OCH3 is 2. The molecule has 0 bridgehead atoms. The van der Waals surface area contributed by atoms with Crippen LogP contribution >= 0.6 is 18.7 Å². The van der Waals surface area contributed by atoms with Gasteiger partial charge >= 0.3 is 5.97 Å². The van der Waals surface area contributed by atoms with Crippen molar-refractivity contribution in [3.8, 4) is 28.6 Å². The minimum absolute atomic E-state index is 0.0590. The number of hydrogen-bond acceptors (Lipinski definition) is 12. The zero-order valence-electron chi connectivity index (χ0n) is 37.6. The molecule has 2 N–H and O–H groups in total. The van der Waals surface area contributed by atoms with E-state index in [1.54, 1.807) is 25.2 Å². The summed E-state index contributed by atoms with van der Waals surface area (Å²) >= 11 is 1.49. The molecule has 8 rings (SSSR count). The Bertz CT molecular complexity index is 2370. The fourth-order valence-corrected chi connectivity index (χ4v) is 13.8. The Morgan fingerprint density at radius 3 is 2.44 bits per heavy atom. The van der Waals surface area contributed by atoms with Gasteiger partial charge in [-0.15, -0.1) is 11.3 Å². The number of nitrogens with one attached hydrogen (secondary N) is 1. The number of thiazole rings is 1. The lowest BCUT2D eigenvalue weighted by Crippen LogP contribution is -2.45. The van der Waals surface area contributed by atoms with E-state index >= 15 is 9.59 Å². The van der Waals surface area contributed by atoms with Crippen LogP contribution in [0.2, 0.25) is 0 Å². The van der Waals surface area contributed by atoms with Gasteiger partial charge in [-0.25, -0.2) is 9.97 Å². The normalized spacial score (nSPS) is 25.5. The monoisotopic (exact) mass is 914 g/mol.